The van der Waals surface area contributed by atoms with Crippen molar-refractivity contribution in [2.24, 2.45) is 0 Å². The molecule has 9 heteroatoms. The summed E-state index contributed by atoms with van der Waals surface area (Å²) < 4.78 is 44.0. The Labute approximate surface area is 199 Å². The van der Waals surface area contributed by atoms with Crippen molar-refractivity contribution in [1.82, 2.24) is 0 Å². The molecule has 0 atom stereocenters. The number of carbonyl (C=O) groups excluding carboxylic acids is 2. The molecule has 0 saturated heterocycles. The lowest BCUT2D eigenvalue weighted by molar-refractivity contribution is -0.137. The molecule has 3 rings (SSSR count). The molecule has 0 aromatic heterocycles. The third-order valence-corrected chi connectivity index (χ3v) is 4.71. The van der Waals surface area contributed by atoms with Gasteiger partial charge in [0, 0.05) is 11.4 Å². The van der Waals surface area contributed by atoms with Crippen LogP contribution < -0.4 is 15.4 Å². The van der Waals surface area contributed by atoms with E-state index in [4.69, 9.17) is 4.74 Å². The molecule has 3 aromatic rings. The van der Waals surface area contributed by atoms with E-state index in [2.05, 4.69) is 10.6 Å². The van der Waals surface area contributed by atoms with Crippen LogP contribution in [0.2, 0.25) is 0 Å². The molecular weight excluding hydrogens is 459 g/mol. The van der Waals surface area contributed by atoms with Crippen molar-refractivity contribution in [3.05, 3.63) is 95.1 Å². The molecule has 6 nitrogen and oxygen atoms in total. The monoisotopic (exact) mass is 479 g/mol. The number of hydrogen-bond acceptors (Lipinski definition) is 4. The first-order chi connectivity index (χ1) is 16.6. The van der Waals surface area contributed by atoms with Crippen LogP contribution in [-0.4, -0.2) is 18.4 Å². The highest BCUT2D eigenvalue weighted by molar-refractivity contribution is 6.09. The number of anilines is 2. The lowest BCUT2D eigenvalue weighted by Crippen LogP contribution is -2.20. The minimum absolute atomic E-state index is 0.0846. The summed E-state index contributed by atoms with van der Waals surface area (Å²) in [6.07, 6.45) is -3.27. The molecule has 0 radical (unpaired) electrons. The number of carbonyl (C=O) groups is 2. The Morgan fingerprint density at radius 2 is 1.66 bits per heavy atom. The third kappa shape index (κ3) is 7.47. The highest BCUT2D eigenvalue weighted by Crippen LogP contribution is 2.30. The van der Waals surface area contributed by atoms with Crippen molar-refractivity contribution >= 4 is 29.3 Å². The smallest absolute Gasteiger partial charge is 0.416 e. The van der Waals surface area contributed by atoms with Crippen molar-refractivity contribution in [3.8, 4) is 11.8 Å². The van der Waals surface area contributed by atoms with E-state index in [0.717, 1.165) is 23.8 Å². The van der Waals surface area contributed by atoms with Crippen molar-refractivity contribution in [2.75, 3.05) is 17.2 Å². The highest BCUT2D eigenvalue weighted by Gasteiger charge is 2.30. The predicted octanol–water partition coefficient (Wildman–Crippen LogP) is 5.58. The van der Waals surface area contributed by atoms with Crippen LogP contribution in [0, 0.1) is 18.3 Å². The van der Waals surface area contributed by atoms with Gasteiger partial charge in [-0.15, -0.1) is 0 Å². The summed E-state index contributed by atoms with van der Waals surface area (Å²) in [6, 6.07) is 19.4. The van der Waals surface area contributed by atoms with Crippen molar-refractivity contribution in [3.63, 3.8) is 0 Å². The quantitative estimate of drug-likeness (QED) is 0.342. The Morgan fingerprint density at radius 1 is 0.971 bits per heavy atom. The summed E-state index contributed by atoms with van der Waals surface area (Å²) in [6.45, 7) is 1.72. The number of hydrogen-bond donors (Lipinski definition) is 2. The topological polar surface area (TPSA) is 91.2 Å². The van der Waals surface area contributed by atoms with Crippen LogP contribution in [0.3, 0.4) is 0 Å². The van der Waals surface area contributed by atoms with E-state index in [9.17, 15) is 28.0 Å². The minimum atomic E-state index is -4.56. The van der Waals surface area contributed by atoms with E-state index in [0.29, 0.717) is 17.0 Å². The number of nitriles is 1. The predicted molar refractivity (Wildman–Crippen MR) is 125 cm³/mol. The first-order valence-corrected chi connectivity index (χ1v) is 10.3. The molecule has 2 N–H and O–H groups in total. The zero-order valence-corrected chi connectivity index (χ0v) is 18.5. The summed E-state index contributed by atoms with van der Waals surface area (Å²) in [5, 5.41) is 14.3. The van der Waals surface area contributed by atoms with E-state index in [1.165, 1.54) is 12.1 Å². The fraction of sp³-hybridized carbons (Fsp3) is 0.115. The van der Waals surface area contributed by atoms with Crippen LogP contribution in [0.25, 0.3) is 6.08 Å². The van der Waals surface area contributed by atoms with Crippen LogP contribution in [0.4, 0.5) is 24.5 Å². The highest BCUT2D eigenvalue weighted by atomic mass is 19.4. The van der Waals surface area contributed by atoms with Gasteiger partial charge in [-0.25, -0.2) is 0 Å². The number of amides is 2. The van der Waals surface area contributed by atoms with Gasteiger partial charge < -0.3 is 15.4 Å². The van der Waals surface area contributed by atoms with E-state index >= 15 is 0 Å². The van der Waals surface area contributed by atoms with E-state index in [1.54, 1.807) is 42.5 Å². The average molecular weight is 479 g/mol. The second-order valence-corrected chi connectivity index (χ2v) is 7.47. The lowest BCUT2D eigenvalue weighted by Gasteiger charge is -2.10. The molecule has 0 spiro atoms. The molecule has 0 unspecified atom stereocenters. The van der Waals surface area contributed by atoms with Gasteiger partial charge in [-0.2, -0.15) is 18.4 Å². The number of rotatable bonds is 7. The summed E-state index contributed by atoms with van der Waals surface area (Å²) in [7, 11) is 0. The zero-order valence-electron chi connectivity index (χ0n) is 18.5. The van der Waals surface area contributed by atoms with Crippen molar-refractivity contribution in [1.29, 1.82) is 5.26 Å². The molecule has 2 amide bonds. The summed E-state index contributed by atoms with van der Waals surface area (Å²) >= 11 is 0. The molecule has 35 heavy (non-hydrogen) atoms. The van der Waals surface area contributed by atoms with Crippen LogP contribution in [0.1, 0.15) is 16.7 Å². The summed E-state index contributed by atoms with van der Waals surface area (Å²) in [4.78, 5) is 24.4. The lowest BCUT2D eigenvalue weighted by atomic mass is 10.1. The van der Waals surface area contributed by atoms with Gasteiger partial charge >= 0.3 is 6.18 Å². The zero-order chi connectivity index (χ0) is 25.4. The molecule has 0 bridgehead atoms. The number of benzene rings is 3. The van der Waals surface area contributed by atoms with Crippen molar-refractivity contribution in [2.45, 2.75) is 13.1 Å². The number of nitrogens with one attached hydrogen (secondary N) is 2. The Bertz CT molecular complexity index is 1280. The summed E-state index contributed by atoms with van der Waals surface area (Å²) in [5.41, 5.74) is 0.906. The van der Waals surface area contributed by atoms with Crippen LogP contribution in [0.5, 0.6) is 5.75 Å². The molecule has 0 saturated carbocycles. The number of halogens is 3. The fourth-order valence-electron chi connectivity index (χ4n) is 2.93. The number of alkyl halides is 3. The van der Waals surface area contributed by atoms with Crippen LogP contribution in [-0.2, 0) is 15.8 Å². The summed E-state index contributed by atoms with van der Waals surface area (Å²) in [5.74, 6) is -0.788. The molecule has 0 heterocycles. The maximum absolute atomic E-state index is 12.9. The maximum Gasteiger partial charge on any atom is 0.416 e. The van der Waals surface area contributed by atoms with E-state index in [-0.39, 0.29) is 23.8 Å². The normalized spacial score (nSPS) is 11.3. The van der Waals surface area contributed by atoms with Gasteiger partial charge in [0.05, 0.1) is 5.56 Å². The van der Waals surface area contributed by atoms with Crippen LogP contribution in [0.15, 0.2) is 78.4 Å². The molecule has 0 aliphatic heterocycles. The average Bonchev–Trinajstić information content (AvgIpc) is 2.83. The first-order valence-electron chi connectivity index (χ1n) is 10.3. The minimum Gasteiger partial charge on any atom is -0.484 e. The fourth-order valence-corrected chi connectivity index (χ4v) is 2.93. The Balaban J connectivity index is 1.59. The molecule has 3 aromatic carbocycles. The van der Waals surface area contributed by atoms with Crippen LogP contribution >= 0.6 is 0 Å². The second-order valence-electron chi connectivity index (χ2n) is 7.47. The second kappa shape index (κ2) is 11.0. The van der Waals surface area contributed by atoms with Gasteiger partial charge in [0.15, 0.2) is 6.61 Å². The molecule has 0 aliphatic rings. The number of aryl methyl sites for hydroxylation is 1. The third-order valence-electron chi connectivity index (χ3n) is 4.71. The largest absolute Gasteiger partial charge is 0.484 e. The standard InChI is InChI=1S/C26H20F3N3O3/c1-17-5-9-21(10-6-17)31-24(33)16-35-23-11-7-18(8-12-23)13-19(15-30)25(34)32-22-4-2-3-20(14-22)26(27,28)29/h2-14H,16H2,1H3,(H,31,33)(H,32,34)/b19-13+. The van der Waals surface area contributed by atoms with Gasteiger partial charge in [0.25, 0.3) is 11.8 Å². The molecular formula is C26H20F3N3O3. The van der Waals surface area contributed by atoms with Gasteiger partial charge in [-0.1, -0.05) is 35.9 Å². The molecule has 0 fully saturated rings. The maximum atomic E-state index is 12.9. The van der Waals surface area contributed by atoms with E-state index in [1.807, 2.05) is 19.1 Å². The van der Waals surface area contributed by atoms with Gasteiger partial charge in [0.2, 0.25) is 0 Å². The number of nitrogens with zero attached hydrogens (tertiary/aromatic N) is 1. The Hall–Kier alpha value is -4.58. The van der Waals surface area contributed by atoms with Gasteiger partial charge in [-0.05, 0) is 61.0 Å². The Kier molecular flexibility index (Phi) is 7.89. The van der Waals surface area contributed by atoms with Gasteiger partial charge in [0.1, 0.15) is 17.4 Å². The number of ether oxygens (including phenoxy) is 1. The SMILES string of the molecule is Cc1ccc(NC(=O)COc2ccc(/C=C(\C#N)C(=O)Nc3cccc(C(F)(F)F)c3)cc2)cc1. The van der Waals surface area contributed by atoms with Crippen molar-refractivity contribution < 1.29 is 27.5 Å². The van der Waals surface area contributed by atoms with Gasteiger partial charge in [-0.3, -0.25) is 9.59 Å². The first kappa shape index (κ1) is 25.1. The molecule has 0 aliphatic carbocycles. The Morgan fingerprint density at radius 3 is 2.29 bits per heavy atom. The molecule has 178 valence electrons. The van der Waals surface area contributed by atoms with E-state index < -0.39 is 17.6 Å².